The molecule has 1 amide bonds. The van der Waals surface area contributed by atoms with Crippen molar-refractivity contribution in [3.63, 3.8) is 0 Å². The normalized spacial score (nSPS) is 14.0. The molecule has 1 aliphatic heterocycles. The van der Waals surface area contributed by atoms with Crippen molar-refractivity contribution in [2.24, 2.45) is 0 Å². The van der Waals surface area contributed by atoms with Crippen LogP contribution in [0.4, 0.5) is 5.69 Å². The predicted octanol–water partition coefficient (Wildman–Crippen LogP) is 3.89. The van der Waals surface area contributed by atoms with Gasteiger partial charge >= 0.3 is 0 Å². The van der Waals surface area contributed by atoms with Crippen LogP contribution in [-0.2, 0) is 23.0 Å². The number of rotatable bonds is 5. The van der Waals surface area contributed by atoms with E-state index >= 15 is 0 Å². The fourth-order valence-corrected chi connectivity index (χ4v) is 5.08. The molecular formula is C24H22N2O4S. The molecule has 1 N–H and O–H groups in total. The van der Waals surface area contributed by atoms with E-state index in [2.05, 4.69) is 5.32 Å². The van der Waals surface area contributed by atoms with E-state index < -0.39 is 15.9 Å². The molecule has 0 bridgehead atoms. The van der Waals surface area contributed by atoms with Gasteiger partial charge in [0.15, 0.2) is 5.78 Å². The van der Waals surface area contributed by atoms with Crippen molar-refractivity contribution in [3.8, 4) is 0 Å². The van der Waals surface area contributed by atoms with Crippen molar-refractivity contribution in [3.05, 3.63) is 95.1 Å². The molecule has 4 rings (SSSR count). The largest absolute Gasteiger partial charge is 0.322 e. The standard InChI is InChI=1S/C24H22N2O4S/c1-17(27)18-9-11-22(12-10-18)25-24(28)20-7-4-8-23(15-20)31(29,30)26-14-13-19-5-2-3-6-21(19)16-26/h2-12,15H,13-14,16H2,1H3,(H,25,28). The maximum atomic E-state index is 13.2. The summed E-state index contributed by atoms with van der Waals surface area (Å²) in [5, 5.41) is 2.74. The Kier molecular flexibility index (Phi) is 5.71. The summed E-state index contributed by atoms with van der Waals surface area (Å²) in [6.45, 7) is 2.19. The molecule has 31 heavy (non-hydrogen) atoms. The zero-order valence-electron chi connectivity index (χ0n) is 17.0. The number of ketones is 1. The van der Waals surface area contributed by atoms with Crippen molar-refractivity contribution in [1.82, 2.24) is 4.31 Å². The second-order valence-electron chi connectivity index (χ2n) is 7.47. The molecule has 0 fully saturated rings. The van der Waals surface area contributed by atoms with Gasteiger partial charge in [-0.2, -0.15) is 4.31 Å². The van der Waals surface area contributed by atoms with Crippen LogP contribution in [0.1, 0.15) is 38.8 Å². The van der Waals surface area contributed by atoms with E-state index in [9.17, 15) is 18.0 Å². The highest BCUT2D eigenvalue weighted by atomic mass is 32.2. The molecule has 0 saturated heterocycles. The first-order valence-corrected chi connectivity index (χ1v) is 11.4. The van der Waals surface area contributed by atoms with Gasteiger partial charge in [0.1, 0.15) is 0 Å². The van der Waals surface area contributed by atoms with E-state index in [0.29, 0.717) is 30.8 Å². The van der Waals surface area contributed by atoms with Gasteiger partial charge in [0.05, 0.1) is 4.90 Å². The number of fused-ring (bicyclic) bond motifs is 1. The minimum absolute atomic E-state index is 0.0591. The highest BCUT2D eigenvalue weighted by molar-refractivity contribution is 7.89. The number of nitrogens with zero attached hydrogens (tertiary/aromatic N) is 1. The average molecular weight is 435 g/mol. The molecule has 6 nitrogen and oxygen atoms in total. The van der Waals surface area contributed by atoms with Crippen LogP contribution < -0.4 is 5.32 Å². The van der Waals surface area contributed by atoms with Crippen LogP contribution in [0, 0.1) is 0 Å². The molecule has 0 aliphatic carbocycles. The van der Waals surface area contributed by atoms with Gasteiger partial charge in [0.2, 0.25) is 10.0 Å². The van der Waals surface area contributed by atoms with E-state index in [4.69, 9.17) is 0 Å². The third-order valence-electron chi connectivity index (χ3n) is 5.38. The highest BCUT2D eigenvalue weighted by Gasteiger charge is 2.28. The Labute approximate surface area is 181 Å². The van der Waals surface area contributed by atoms with Gasteiger partial charge in [-0.05, 0) is 66.9 Å². The smallest absolute Gasteiger partial charge is 0.255 e. The molecule has 0 unspecified atom stereocenters. The first kappa shape index (κ1) is 21.0. The molecule has 158 valence electrons. The molecule has 0 saturated carbocycles. The van der Waals surface area contributed by atoms with Crippen molar-refractivity contribution < 1.29 is 18.0 Å². The molecule has 3 aromatic carbocycles. The van der Waals surface area contributed by atoms with Gasteiger partial charge in [-0.15, -0.1) is 0 Å². The fourth-order valence-electron chi connectivity index (χ4n) is 3.61. The minimum atomic E-state index is -3.73. The molecule has 0 aromatic heterocycles. The Balaban J connectivity index is 1.53. The summed E-state index contributed by atoms with van der Waals surface area (Å²) in [6, 6.07) is 20.4. The number of carbonyl (C=O) groups excluding carboxylic acids is 2. The first-order chi connectivity index (χ1) is 14.8. The lowest BCUT2D eigenvalue weighted by atomic mass is 10.0. The molecule has 0 spiro atoms. The summed E-state index contributed by atoms with van der Waals surface area (Å²) in [6.07, 6.45) is 0.659. The van der Waals surface area contributed by atoms with Crippen molar-refractivity contribution in [2.75, 3.05) is 11.9 Å². The van der Waals surface area contributed by atoms with Gasteiger partial charge in [0, 0.05) is 29.9 Å². The van der Waals surface area contributed by atoms with E-state index in [-0.39, 0.29) is 16.2 Å². The molecule has 0 atom stereocenters. The second kappa shape index (κ2) is 8.45. The predicted molar refractivity (Wildman–Crippen MR) is 119 cm³/mol. The van der Waals surface area contributed by atoms with Gasteiger partial charge < -0.3 is 5.32 Å². The van der Waals surface area contributed by atoms with Crippen LogP contribution in [0.2, 0.25) is 0 Å². The van der Waals surface area contributed by atoms with Crippen LogP contribution in [0.15, 0.2) is 77.7 Å². The summed E-state index contributed by atoms with van der Waals surface area (Å²) in [4.78, 5) is 24.1. The summed E-state index contributed by atoms with van der Waals surface area (Å²) in [5.74, 6) is -0.479. The summed E-state index contributed by atoms with van der Waals surface area (Å²) < 4.78 is 27.8. The van der Waals surface area contributed by atoms with E-state index in [1.54, 1.807) is 36.4 Å². The van der Waals surface area contributed by atoms with Crippen molar-refractivity contribution in [1.29, 1.82) is 0 Å². The summed E-state index contributed by atoms with van der Waals surface area (Å²) in [7, 11) is -3.73. The van der Waals surface area contributed by atoms with Crippen LogP contribution in [0.5, 0.6) is 0 Å². The lowest BCUT2D eigenvalue weighted by Crippen LogP contribution is -2.36. The average Bonchev–Trinajstić information content (AvgIpc) is 2.79. The fraction of sp³-hybridized carbons (Fsp3) is 0.167. The number of benzene rings is 3. The van der Waals surface area contributed by atoms with Gasteiger partial charge in [0.25, 0.3) is 5.91 Å². The van der Waals surface area contributed by atoms with Gasteiger partial charge in [-0.3, -0.25) is 9.59 Å². The number of anilines is 1. The number of Topliss-reactive ketones (excluding diaryl/α,β-unsaturated/α-hetero) is 1. The molecule has 7 heteroatoms. The SMILES string of the molecule is CC(=O)c1ccc(NC(=O)c2cccc(S(=O)(=O)N3CCc4ccccc4C3)c2)cc1. The van der Waals surface area contributed by atoms with Crippen LogP contribution in [0.25, 0.3) is 0 Å². The van der Waals surface area contributed by atoms with Gasteiger partial charge in [-0.1, -0.05) is 30.3 Å². The first-order valence-electron chi connectivity index (χ1n) is 9.94. The van der Waals surface area contributed by atoms with Gasteiger partial charge in [-0.25, -0.2) is 8.42 Å². The number of amides is 1. The molecule has 0 radical (unpaired) electrons. The number of nitrogens with one attached hydrogen (secondary N) is 1. The van der Waals surface area contributed by atoms with E-state index in [0.717, 1.165) is 11.1 Å². The number of hydrogen-bond acceptors (Lipinski definition) is 4. The van der Waals surface area contributed by atoms with E-state index in [1.807, 2.05) is 24.3 Å². The Bertz CT molecular complexity index is 1250. The lowest BCUT2D eigenvalue weighted by molar-refractivity contribution is 0.101. The monoisotopic (exact) mass is 434 g/mol. The summed E-state index contributed by atoms with van der Waals surface area (Å²) in [5.41, 5.74) is 3.48. The highest BCUT2D eigenvalue weighted by Crippen LogP contribution is 2.25. The van der Waals surface area contributed by atoms with Crippen molar-refractivity contribution in [2.45, 2.75) is 24.8 Å². The Morgan fingerprint density at radius 2 is 1.58 bits per heavy atom. The minimum Gasteiger partial charge on any atom is -0.322 e. The Hall–Kier alpha value is -3.29. The number of carbonyl (C=O) groups is 2. The maximum absolute atomic E-state index is 13.2. The Morgan fingerprint density at radius 3 is 2.29 bits per heavy atom. The number of sulfonamides is 1. The molecule has 3 aromatic rings. The van der Waals surface area contributed by atoms with E-state index in [1.165, 1.54) is 23.4 Å². The third kappa shape index (κ3) is 4.42. The lowest BCUT2D eigenvalue weighted by Gasteiger charge is -2.28. The topological polar surface area (TPSA) is 83.5 Å². The molecule has 1 aliphatic rings. The molecular weight excluding hydrogens is 412 g/mol. The van der Waals surface area contributed by atoms with Crippen molar-refractivity contribution >= 4 is 27.4 Å². The zero-order chi connectivity index (χ0) is 22.0. The number of hydrogen-bond donors (Lipinski definition) is 1. The maximum Gasteiger partial charge on any atom is 0.255 e. The third-order valence-corrected chi connectivity index (χ3v) is 7.22. The van der Waals surface area contributed by atoms with Crippen LogP contribution in [-0.4, -0.2) is 31.0 Å². The quantitative estimate of drug-likeness (QED) is 0.618. The molecule has 1 heterocycles. The van der Waals surface area contributed by atoms with Crippen LogP contribution >= 0.6 is 0 Å². The Morgan fingerprint density at radius 1 is 0.871 bits per heavy atom. The summed E-state index contributed by atoms with van der Waals surface area (Å²) >= 11 is 0. The second-order valence-corrected chi connectivity index (χ2v) is 9.41. The zero-order valence-corrected chi connectivity index (χ0v) is 17.9. The van der Waals surface area contributed by atoms with Crippen LogP contribution in [0.3, 0.4) is 0 Å².